The number of allylic oxidation sites excluding steroid dienone is 1. The van der Waals surface area contributed by atoms with Gasteiger partial charge >= 0.3 is 0 Å². The lowest BCUT2D eigenvalue weighted by Gasteiger charge is -1.93. The molecule has 4 heteroatoms. The number of nitrogens with zero attached hydrogens (tertiary/aromatic N) is 1. The van der Waals surface area contributed by atoms with Gasteiger partial charge in [-0.25, -0.2) is 4.76 Å². The zero-order valence-corrected chi connectivity index (χ0v) is 4.59. The fraction of sp³-hybridized carbons (Fsp3) is 0. The third-order valence-electron chi connectivity index (χ3n) is 0.413. The molecule has 1 aliphatic rings. The Morgan fingerprint density at radius 2 is 2.43 bits per heavy atom. The van der Waals surface area contributed by atoms with Gasteiger partial charge in [-0.2, -0.15) is 0 Å². The van der Waals surface area contributed by atoms with E-state index in [1.54, 1.807) is 18.6 Å². The zero-order chi connectivity index (χ0) is 4.24. The Morgan fingerprint density at radius 1 is 1.57 bits per heavy atom. The summed E-state index contributed by atoms with van der Waals surface area (Å²) >= 11 is 0. The van der Waals surface area contributed by atoms with Crippen LogP contribution in [0.2, 0.25) is 0 Å². The maximum atomic E-state index is 4.72. The molecule has 0 aromatic rings. The highest BCUT2D eigenvalue weighted by molar-refractivity contribution is 7.31. The maximum Gasteiger partial charge on any atom is 0.195 e. The van der Waals surface area contributed by atoms with E-state index in [1.165, 1.54) is 0 Å². The number of rotatable bonds is 0. The molecule has 0 saturated carbocycles. The molecule has 0 bridgehead atoms. The zero-order valence-electron chi connectivity index (χ0n) is 3.59. The molecule has 1 rings (SSSR count). The number of hydrogen-bond donors (Lipinski definition) is 0. The lowest BCUT2D eigenvalue weighted by atomic mass is 10.7. The minimum Gasteiger partial charge on any atom is -0.461 e. The molecule has 0 fully saturated rings. The van der Waals surface area contributed by atoms with Crippen molar-refractivity contribution in [2.45, 2.75) is 0 Å². The monoisotopic (exact) mass is 119 g/mol. The van der Waals surface area contributed by atoms with Gasteiger partial charge in [0.25, 0.3) is 0 Å². The van der Waals surface area contributed by atoms with E-state index < -0.39 is 0 Å². The third-order valence-corrected chi connectivity index (χ3v) is 0.909. The molecule has 0 amide bonds. The molecule has 0 aromatic heterocycles. The van der Waals surface area contributed by atoms with Gasteiger partial charge in [0.05, 0.1) is 6.26 Å². The van der Waals surface area contributed by atoms with Crippen LogP contribution in [0.25, 0.3) is 0 Å². The first-order valence-corrected chi connectivity index (χ1v) is 2.44. The normalized spacial score (nSPS) is 18.3. The van der Waals surface area contributed by atoms with Gasteiger partial charge in [0.1, 0.15) is 0 Å². The molecule has 1 unspecified atom stereocenters. The van der Waals surface area contributed by atoms with Crippen molar-refractivity contribution in [3.8, 4) is 0 Å². The lowest BCUT2D eigenvalue weighted by molar-refractivity contribution is 0.550. The quantitative estimate of drug-likeness (QED) is 0.422. The van der Waals surface area contributed by atoms with Gasteiger partial charge < -0.3 is 10.00 Å². The second-order valence-corrected chi connectivity index (χ2v) is 1.49. The summed E-state index contributed by atoms with van der Waals surface area (Å²) in [7, 11) is 0.284. The van der Waals surface area contributed by atoms with Crippen molar-refractivity contribution in [1.82, 2.24) is 0 Å². The van der Waals surface area contributed by atoms with Crippen LogP contribution in [0.3, 0.4) is 0 Å². The van der Waals surface area contributed by atoms with E-state index in [9.17, 15) is 0 Å². The largest absolute Gasteiger partial charge is 0.461 e. The smallest absolute Gasteiger partial charge is 0.195 e. The first kappa shape index (κ1) is 6.60. The summed E-state index contributed by atoms with van der Waals surface area (Å²) in [6.45, 7) is 0. The van der Waals surface area contributed by atoms with E-state index >= 15 is 0 Å². The van der Waals surface area contributed by atoms with Crippen molar-refractivity contribution >= 4 is 15.2 Å². The summed E-state index contributed by atoms with van der Waals surface area (Å²) in [5, 5.41) is 0. The molecule has 7 heavy (non-hydrogen) atoms. The van der Waals surface area contributed by atoms with E-state index in [-0.39, 0.29) is 14.4 Å². The van der Waals surface area contributed by atoms with Crippen LogP contribution in [0.1, 0.15) is 0 Å². The van der Waals surface area contributed by atoms with Crippen LogP contribution in [0.5, 0.6) is 0 Å². The predicted octanol–water partition coefficient (Wildman–Crippen LogP) is 0.285. The van der Waals surface area contributed by atoms with Crippen LogP contribution in [0.4, 0.5) is 0 Å². The molecule has 3 nitrogen and oxygen atoms in total. The van der Waals surface area contributed by atoms with Crippen molar-refractivity contribution in [3.63, 3.8) is 0 Å². The Hall–Kier alpha value is -0.400. The van der Waals surface area contributed by atoms with Crippen molar-refractivity contribution < 1.29 is 10.00 Å². The van der Waals surface area contributed by atoms with Gasteiger partial charge in [-0.05, 0) is 6.08 Å². The van der Waals surface area contributed by atoms with E-state index in [0.717, 1.165) is 0 Å². The third kappa shape index (κ3) is 2.31. The average molecular weight is 119 g/mol. The first-order valence-electron chi connectivity index (χ1n) is 1.59. The summed E-state index contributed by atoms with van der Waals surface area (Å²) in [4.78, 5) is 0. The second-order valence-electron chi connectivity index (χ2n) is 0.816. The standard InChI is InChI=1S/C3H4NOP.H2O/c1-2-4-6-5-3-1;/h1-3,6H;1H2. The molecule has 0 aliphatic carbocycles. The molecule has 0 spiro atoms. The Kier molecular flexibility index (Phi) is 3.56. The van der Waals surface area contributed by atoms with Crippen LogP contribution < -0.4 is 0 Å². The van der Waals surface area contributed by atoms with Crippen LogP contribution >= 0.6 is 8.96 Å². The van der Waals surface area contributed by atoms with Crippen molar-refractivity contribution in [2.24, 2.45) is 4.76 Å². The van der Waals surface area contributed by atoms with Crippen LogP contribution in [-0.4, -0.2) is 11.7 Å². The predicted molar refractivity (Wildman–Crippen MR) is 30.6 cm³/mol. The highest BCUT2D eigenvalue weighted by atomic mass is 31.1. The van der Waals surface area contributed by atoms with Crippen molar-refractivity contribution in [2.75, 3.05) is 0 Å². The van der Waals surface area contributed by atoms with Crippen LogP contribution in [-0.2, 0) is 4.52 Å². The summed E-state index contributed by atoms with van der Waals surface area (Å²) in [5.74, 6) is 0. The second kappa shape index (κ2) is 3.78. The van der Waals surface area contributed by atoms with Crippen molar-refractivity contribution in [3.05, 3.63) is 12.3 Å². The van der Waals surface area contributed by atoms with Gasteiger partial charge in [-0.3, -0.25) is 0 Å². The first-order chi connectivity index (χ1) is 3.00. The van der Waals surface area contributed by atoms with E-state index in [4.69, 9.17) is 4.52 Å². The number of hydrogen-bond acceptors (Lipinski definition) is 2. The van der Waals surface area contributed by atoms with Gasteiger partial charge in [0.15, 0.2) is 8.96 Å². The molecular weight excluding hydrogens is 113 g/mol. The summed E-state index contributed by atoms with van der Waals surface area (Å²) in [5.41, 5.74) is 0. The minimum atomic E-state index is 0. The van der Waals surface area contributed by atoms with Gasteiger partial charge in [-0.15, -0.1) is 0 Å². The van der Waals surface area contributed by atoms with Crippen LogP contribution in [0, 0.1) is 0 Å². The molecule has 40 valence electrons. The fourth-order valence-corrected chi connectivity index (χ4v) is 0.556. The minimum absolute atomic E-state index is 0. The highest BCUT2D eigenvalue weighted by Gasteiger charge is 1.76. The Balaban J connectivity index is 0.000000360. The maximum absolute atomic E-state index is 4.72. The molecule has 1 atom stereocenters. The summed E-state index contributed by atoms with van der Waals surface area (Å²) < 4.78 is 8.49. The van der Waals surface area contributed by atoms with Gasteiger partial charge in [0, 0.05) is 6.21 Å². The van der Waals surface area contributed by atoms with Gasteiger partial charge in [-0.1, -0.05) is 0 Å². The Bertz CT molecular complexity index is 78.9. The Morgan fingerprint density at radius 3 is 2.57 bits per heavy atom. The molecule has 1 heterocycles. The SMILES string of the molecule is C1=COPN=C1.O. The Labute approximate surface area is 43.3 Å². The molecule has 0 aromatic carbocycles. The fourth-order valence-electron chi connectivity index (χ4n) is 0.209. The molecule has 2 N–H and O–H groups in total. The molecule has 0 saturated heterocycles. The van der Waals surface area contributed by atoms with E-state index in [2.05, 4.69) is 4.76 Å². The molecular formula is C3H6NO2P. The van der Waals surface area contributed by atoms with E-state index in [1.807, 2.05) is 0 Å². The molecule has 1 aliphatic heterocycles. The van der Waals surface area contributed by atoms with Crippen LogP contribution in [0.15, 0.2) is 17.1 Å². The topological polar surface area (TPSA) is 53.1 Å². The summed E-state index contributed by atoms with van der Waals surface area (Å²) in [6, 6.07) is 0. The van der Waals surface area contributed by atoms with E-state index in [0.29, 0.717) is 0 Å². The lowest BCUT2D eigenvalue weighted by Crippen LogP contribution is -1.67. The molecule has 0 radical (unpaired) electrons. The summed E-state index contributed by atoms with van der Waals surface area (Å²) in [6.07, 6.45) is 5.11. The average Bonchev–Trinajstić information content (AvgIpc) is 1.72. The van der Waals surface area contributed by atoms with Crippen molar-refractivity contribution in [1.29, 1.82) is 0 Å². The van der Waals surface area contributed by atoms with Gasteiger partial charge in [0.2, 0.25) is 0 Å². The highest BCUT2D eigenvalue weighted by Crippen LogP contribution is 2.14.